The molecular weight excluding hydrogens is 422 g/mol. The number of benzene rings is 1. The van der Waals surface area contributed by atoms with Crippen molar-refractivity contribution >= 4 is 5.69 Å². The minimum atomic E-state index is 0.385. The predicted molar refractivity (Wildman–Crippen MR) is 147 cm³/mol. The number of nitrogen functional groups attached to an aromatic ring is 1. The van der Waals surface area contributed by atoms with Gasteiger partial charge in [0.2, 0.25) is 0 Å². The van der Waals surface area contributed by atoms with Crippen LogP contribution in [0, 0.1) is 38.4 Å². The van der Waals surface area contributed by atoms with Crippen LogP contribution in [-0.2, 0) is 5.41 Å². The molecule has 8 bridgehead atoms. The minimum absolute atomic E-state index is 0.385. The second-order valence-corrected chi connectivity index (χ2v) is 15.9. The lowest BCUT2D eigenvalue weighted by Gasteiger charge is -2.79. The number of rotatable bonds is 6. The summed E-state index contributed by atoms with van der Waals surface area (Å²) in [4.78, 5) is 0. The van der Waals surface area contributed by atoms with Gasteiger partial charge in [-0.15, -0.1) is 0 Å². The summed E-state index contributed by atoms with van der Waals surface area (Å²) >= 11 is 0. The fourth-order valence-electron chi connectivity index (χ4n) is 13.7. The fourth-order valence-corrected chi connectivity index (χ4v) is 13.7. The Balaban J connectivity index is 1.42. The van der Waals surface area contributed by atoms with Gasteiger partial charge in [-0.2, -0.15) is 0 Å². The zero-order valence-corrected chi connectivity index (χ0v) is 23.3. The minimum Gasteiger partial charge on any atom is -0.399 e. The van der Waals surface area contributed by atoms with Gasteiger partial charge in [0.25, 0.3) is 0 Å². The predicted octanol–water partition coefficient (Wildman–Crippen LogP) is 9.44. The summed E-state index contributed by atoms with van der Waals surface area (Å²) in [6, 6.07) is 9.31. The van der Waals surface area contributed by atoms with Crippen LogP contribution in [0.15, 0.2) is 24.3 Å². The van der Waals surface area contributed by atoms with Gasteiger partial charge < -0.3 is 5.73 Å². The molecule has 8 fully saturated rings. The molecule has 0 heterocycles. The van der Waals surface area contributed by atoms with Gasteiger partial charge in [-0.05, 0) is 139 Å². The van der Waals surface area contributed by atoms with Crippen molar-refractivity contribution in [3.05, 3.63) is 29.8 Å². The molecule has 192 valence electrons. The van der Waals surface area contributed by atoms with Gasteiger partial charge in [0, 0.05) is 5.69 Å². The van der Waals surface area contributed by atoms with Crippen LogP contribution >= 0.6 is 0 Å². The molecule has 2 N–H and O–H groups in total. The summed E-state index contributed by atoms with van der Waals surface area (Å²) in [5.74, 6) is 1.02. The van der Waals surface area contributed by atoms with Crippen molar-refractivity contribution in [2.75, 3.05) is 5.73 Å². The zero-order chi connectivity index (χ0) is 24.4. The van der Waals surface area contributed by atoms with Gasteiger partial charge in [0.15, 0.2) is 0 Å². The maximum atomic E-state index is 6.21. The monoisotopic (exact) mass is 473 g/mol. The van der Waals surface area contributed by atoms with Gasteiger partial charge in [-0.25, -0.2) is 0 Å². The van der Waals surface area contributed by atoms with Crippen molar-refractivity contribution < 1.29 is 0 Å². The Hall–Kier alpha value is -0.980. The van der Waals surface area contributed by atoms with E-state index in [1.54, 1.807) is 56.9 Å². The summed E-state index contributed by atoms with van der Waals surface area (Å²) in [6.45, 7) is 10.2. The third-order valence-corrected chi connectivity index (χ3v) is 14.2. The highest BCUT2D eigenvalue weighted by Gasteiger charge is 2.75. The molecule has 0 saturated heterocycles. The molecule has 8 aliphatic carbocycles. The number of anilines is 1. The van der Waals surface area contributed by atoms with Gasteiger partial charge in [-0.1, -0.05) is 65.5 Å². The lowest BCUT2D eigenvalue weighted by atomic mass is 9.25. The van der Waals surface area contributed by atoms with Gasteiger partial charge in [0.05, 0.1) is 0 Å². The van der Waals surface area contributed by atoms with Crippen molar-refractivity contribution in [1.82, 2.24) is 0 Å². The molecule has 1 nitrogen and oxygen atoms in total. The Labute approximate surface area is 215 Å². The molecule has 4 atom stereocenters. The van der Waals surface area contributed by atoms with E-state index in [0.717, 1.165) is 11.6 Å². The highest BCUT2D eigenvalue weighted by molar-refractivity contribution is 5.44. The van der Waals surface area contributed by atoms with Crippen LogP contribution in [0.3, 0.4) is 0 Å². The summed E-state index contributed by atoms with van der Waals surface area (Å²) in [5.41, 5.74) is 12.8. The van der Waals surface area contributed by atoms with Crippen LogP contribution in [0.4, 0.5) is 5.69 Å². The van der Waals surface area contributed by atoms with E-state index in [1.807, 2.05) is 0 Å². The van der Waals surface area contributed by atoms with E-state index in [9.17, 15) is 0 Å². The molecule has 0 spiro atoms. The van der Waals surface area contributed by atoms with Gasteiger partial charge >= 0.3 is 0 Å². The van der Waals surface area contributed by atoms with Gasteiger partial charge in [-0.3, -0.25) is 0 Å². The standard InChI is InChI=1S/C34H51N/c1-5-28-13-25-14-29(6-2,16-28)21-33(15-25,20-28)34-22-30(7-3)17-31(8-4,23-34)19-32(18-30,24-34)26-9-11-27(35)12-10-26/h9-12,25H,5-8,13-24,35H2,1-4H3. The van der Waals surface area contributed by atoms with Crippen molar-refractivity contribution in [3.63, 3.8) is 0 Å². The SMILES string of the molecule is CCC12CC3CC(CC)(C1)CC(C14CC5(CC)CC(CC)(CC(c6ccc(N)cc6)(C5)C1)C4)(C3)C2. The van der Waals surface area contributed by atoms with Crippen molar-refractivity contribution in [2.45, 2.75) is 136 Å². The maximum Gasteiger partial charge on any atom is 0.0314 e. The van der Waals surface area contributed by atoms with Crippen LogP contribution in [-0.4, -0.2) is 0 Å². The first-order valence-electron chi connectivity index (χ1n) is 15.5. The molecule has 1 heteroatoms. The summed E-state index contributed by atoms with van der Waals surface area (Å²) in [6.07, 6.45) is 24.1. The van der Waals surface area contributed by atoms with Crippen molar-refractivity contribution in [3.8, 4) is 0 Å². The third kappa shape index (κ3) is 2.88. The smallest absolute Gasteiger partial charge is 0.0314 e. The summed E-state index contributed by atoms with van der Waals surface area (Å²) < 4.78 is 0. The largest absolute Gasteiger partial charge is 0.399 e. The first-order chi connectivity index (χ1) is 16.6. The molecule has 0 amide bonds. The van der Waals surface area contributed by atoms with E-state index in [0.29, 0.717) is 37.9 Å². The Morgan fingerprint density at radius 2 is 1.06 bits per heavy atom. The van der Waals surface area contributed by atoms with Crippen LogP contribution in [0.1, 0.15) is 136 Å². The second kappa shape index (κ2) is 6.91. The highest BCUT2D eigenvalue weighted by atomic mass is 14.8. The molecule has 0 aliphatic heterocycles. The first-order valence-corrected chi connectivity index (χ1v) is 15.5. The van der Waals surface area contributed by atoms with E-state index in [4.69, 9.17) is 5.73 Å². The lowest BCUT2D eigenvalue weighted by molar-refractivity contribution is -0.281. The van der Waals surface area contributed by atoms with E-state index in [2.05, 4.69) is 52.0 Å². The lowest BCUT2D eigenvalue weighted by Crippen LogP contribution is -2.70. The molecule has 9 rings (SSSR count). The van der Waals surface area contributed by atoms with Crippen LogP contribution in [0.2, 0.25) is 0 Å². The maximum absolute atomic E-state index is 6.21. The highest BCUT2D eigenvalue weighted by Crippen LogP contribution is 2.85. The Bertz CT molecular complexity index is 978. The molecule has 8 saturated carbocycles. The quantitative estimate of drug-likeness (QED) is 0.409. The Kier molecular flexibility index (Phi) is 4.57. The molecule has 8 aliphatic rings. The molecule has 0 aromatic heterocycles. The Morgan fingerprint density at radius 1 is 0.571 bits per heavy atom. The van der Waals surface area contributed by atoms with Crippen molar-refractivity contribution in [2.24, 2.45) is 38.4 Å². The normalized spacial score (nSPS) is 53.4. The summed E-state index contributed by atoms with van der Waals surface area (Å²) in [7, 11) is 0. The van der Waals surface area contributed by atoms with Crippen molar-refractivity contribution in [1.29, 1.82) is 0 Å². The fraction of sp³-hybridized carbons (Fsp3) is 0.824. The van der Waals surface area contributed by atoms with Crippen LogP contribution in [0.25, 0.3) is 0 Å². The molecule has 4 unspecified atom stereocenters. The summed E-state index contributed by atoms with van der Waals surface area (Å²) in [5, 5.41) is 0. The average molecular weight is 474 g/mol. The van der Waals surface area contributed by atoms with Crippen LogP contribution < -0.4 is 5.73 Å². The molecule has 0 radical (unpaired) electrons. The van der Waals surface area contributed by atoms with E-state index in [-0.39, 0.29) is 0 Å². The van der Waals surface area contributed by atoms with E-state index >= 15 is 0 Å². The third-order valence-electron chi connectivity index (χ3n) is 14.2. The molecule has 35 heavy (non-hydrogen) atoms. The van der Waals surface area contributed by atoms with E-state index < -0.39 is 0 Å². The Morgan fingerprint density at radius 3 is 1.57 bits per heavy atom. The molecule has 1 aromatic rings. The number of nitrogens with two attached hydrogens (primary N) is 1. The zero-order valence-electron chi connectivity index (χ0n) is 23.3. The topological polar surface area (TPSA) is 26.0 Å². The molecular formula is C34H51N. The van der Waals surface area contributed by atoms with E-state index in [1.165, 1.54) is 51.4 Å². The number of hydrogen-bond donors (Lipinski definition) is 1. The molecule has 1 aromatic carbocycles. The first kappa shape index (κ1) is 23.2. The van der Waals surface area contributed by atoms with Gasteiger partial charge in [0.1, 0.15) is 0 Å². The number of hydrogen-bond acceptors (Lipinski definition) is 1. The van der Waals surface area contributed by atoms with Crippen LogP contribution in [0.5, 0.6) is 0 Å². The average Bonchev–Trinajstić information content (AvgIpc) is 2.83. The second-order valence-electron chi connectivity index (χ2n) is 15.9.